The lowest BCUT2D eigenvalue weighted by molar-refractivity contribution is -0.137. The largest absolute Gasteiger partial charge is 0.507 e. The summed E-state index contributed by atoms with van der Waals surface area (Å²) in [5.41, 5.74) is 1.24. The molecule has 0 saturated carbocycles. The molecule has 1 atom stereocenters. The van der Waals surface area contributed by atoms with Crippen molar-refractivity contribution in [1.29, 1.82) is 0 Å². The van der Waals surface area contributed by atoms with Crippen molar-refractivity contribution < 1.29 is 28.2 Å². The van der Waals surface area contributed by atoms with Gasteiger partial charge in [-0.2, -0.15) is 13.2 Å². The van der Waals surface area contributed by atoms with E-state index in [-0.39, 0.29) is 11.6 Å². The maximum Gasteiger partial charge on any atom is 0.416 e. The minimum Gasteiger partial charge on any atom is -0.507 e. The van der Waals surface area contributed by atoms with E-state index in [2.05, 4.69) is 32.3 Å². The van der Waals surface area contributed by atoms with Gasteiger partial charge in [0.1, 0.15) is 11.3 Å². The van der Waals surface area contributed by atoms with E-state index in [0.29, 0.717) is 28.7 Å². The normalized spacial score (nSPS) is 15.3. The molecule has 0 bridgehead atoms. The summed E-state index contributed by atoms with van der Waals surface area (Å²) in [6, 6.07) is 4.29. The van der Waals surface area contributed by atoms with Crippen molar-refractivity contribution in [2.24, 2.45) is 10.9 Å². The van der Waals surface area contributed by atoms with E-state index in [4.69, 9.17) is 5.11 Å². The number of aliphatic hydroxyl groups is 1. The standard InChI is InChI=1S/C21H20F3NO3.C4H10.2C2H6/c1-4-18-16(10-19(26)17(11-25-18)20(27)28)13(3)9-12(2)14-5-7-15(8-6-14)21(22,23)24;1-4(2)3;2*1-2/h5-11,18,26H,2,4H2,1,3H3,(H,27,28);4H,1-3H3;2*1-2H3/b13-9+;;;. The molecule has 0 spiro atoms. The van der Waals surface area contributed by atoms with E-state index in [1.165, 1.54) is 18.2 Å². The Hall–Kier alpha value is -3.09. The Labute approximate surface area is 214 Å². The number of rotatable bonds is 5. The number of allylic oxidation sites excluding steroid dienone is 3. The number of carbonyl (C=O) groups is 1. The van der Waals surface area contributed by atoms with Crippen molar-refractivity contribution in [3.05, 3.63) is 76.6 Å². The average molecular weight is 510 g/mol. The van der Waals surface area contributed by atoms with Gasteiger partial charge in [-0.25, -0.2) is 4.79 Å². The Bertz CT molecular complexity index is 948. The zero-order chi connectivity index (χ0) is 28.6. The van der Waals surface area contributed by atoms with Crippen molar-refractivity contribution in [2.75, 3.05) is 0 Å². The predicted molar refractivity (Wildman–Crippen MR) is 145 cm³/mol. The van der Waals surface area contributed by atoms with Gasteiger partial charge in [-0.05, 0) is 59.8 Å². The lowest BCUT2D eigenvalue weighted by atomic mass is 9.94. The molecule has 0 aliphatic carbocycles. The highest BCUT2D eigenvalue weighted by atomic mass is 19.4. The molecular formula is C29H42F3NO3. The van der Waals surface area contributed by atoms with Gasteiger partial charge in [-0.15, -0.1) is 0 Å². The average Bonchev–Trinajstić information content (AvgIpc) is 2.99. The molecule has 7 heteroatoms. The van der Waals surface area contributed by atoms with E-state index < -0.39 is 23.5 Å². The van der Waals surface area contributed by atoms with Crippen molar-refractivity contribution in [3.8, 4) is 0 Å². The fourth-order valence-corrected chi connectivity index (χ4v) is 2.80. The number of aliphatic imine (C=N–C) groups is 1. The third kappa shape index (κ3) is 12.0. The number of aliphatic carboxylic acids is 1. The number of hydrogen-bond acceptors (Lipinski definition) is 3. The summed E-state index contributed by atoms with van der Waals surface area (Å²) in [6.45, 7) is 22.0. The van der Waals surface area contributed by atoms with Gasteiger partial charge in [-0.3, -0.25) is 4.99 Å². The highest BCUT2D eigenvalue weighted by Crippen LogP contribution is 2.31. The zero-order valence-corrected chi connectivity index (χ0v) is 23.0. The number of benzene rings is 1. The smallest absolute Gasteiger partial charge is 0.416 e. The van der Waals surface area contributed by atoms with E-state index >= 15 is 0 Å². The summed E-state index contributed by atoms with van der Waals surface area (Å²) in [5.74, 6) is -0.862. The molecule has 0 radical (unpaired) electrons. The highest BCUT2D eigenvalue weighted by molar-refractivity contribution is 6.09. The summed E-state index contributed by atoms with van der Waals surface area (Å²) in [5, 5.41) is 19.2. The Kier molecular flexibility index (Phi) is 16.9. The molecule has 1 heterocycles. The first-order valence-corrected chi connectivity index (χ1v) is 12.2. The van der Waals surface area contributed by atoms with Crippen LogP contribution in [-0.4, -0.2) is 28.4 Å². The van der Waals surface area contributed by atoms with Crippen LogP contribution in [0.1, 0.15) is 79.9 Å². The second kappa shape index (κ2) is 17.4. The van der Waals surface area contributed by atoms with Crippen molar-refractivity contribution in [2.45, 2.75) is 81.0 Å². The first-order valence-electron chi connectivity index (χ1n) is 12.2. The van der Waals surface area contributed by atoms with E-state index in [0.717, 1.165) is 24.3 Å². The lowest BCUT2D eigenvalue weighted by Crippen LogP contribution is -2.08. The Morgan fingerprint density at radius 1 is 1.11 bits per heavy atom. The minimum absolute atomic E-state index is 0.303. The fraction of sp³-hybridized carbons (Fsp3) is 0.448. The lowest BCUT2D eigenvalue weighted by Gasteiger charge is -2.15. The molecule has 1 aromatic carbocycles. The molecule has 0 amide bonds. The third-order valence-corrected chi connectivity index (χ3v) is 4.36. The SMILES string of the molecule is C=C(/C=C(\C)C1=CC(O)=C(C(=O)O)C=NC1CC)c1ccc(C(F)(F)F)cc1.CC.CC.CC(C)C. The molecule has 36 heavy (non-hydrogen) atoms. The number of nitrogens with zero attached hydrogens (tertiary/aromatic N) is 1. The predicted octanol–water partition coefficient (Wildman–Crippen LogP) is 9.07. The van der Waals surface area contributed by atoms with Gasteiger partial charge in [0.05, 0.1) is 11.6 Å². The Morgan fingerprint density at radius 3 is 1.97 bits per heavy atom. The second-order valence-corrected chi connectivity index (χ2v) is 8.07. The molecule has 0 saturated heterocycles. The third-order valence-electron chi connectivity index (χ3n) is 4.36. The van der Waals surface area contributed by atoms with Crippen LogP contribution in [0.15, 0.2) is 70.5 Å². The van der Waals surface area contributed by atoms with Crippen LogP contribution >= 0.6 is 0 Å². The molecule has 4 nitrogen and oxygen atoms in total. The van der Waals surface area contributed by atoms with Gasteiger partial charge in [-0.1, -0.05) is 80.2 Å². The zero-order valence-electron chi connectivity index (χ0n) is 23.0. The molecule has 1 aliphatic rings. The van der Waals surface area contributed by atoms with Crippen LogP contribution in [0.4, 0.5) is 13.2 Å². The molecule has 1 aliphatic heterocycles. The summed E-state index contributed by atoms with van der Waals surface area (Å²) >= 11 is 0. The number of alkyl halides is 3. The maximum absolute atomic E-state index is 12.7. The number of halogens is 3. The van der Waals surface area contributed by atoms with Crippen molar-refractivity contribution in [3.63, 3.8) is 0 Å². The first kappa shape index (κ1) is 35.1. The number of hydrogen-bond donors (Lipinski definition) is 2. The van der Waals surface area contributed by atoms with Gasteiger partial charge < -0.3 is 10.2 Å². The van der Waals surface area contributed by atoms with Crippen LogP contribution in [0, 0.1) is 5.92 Å². The van der Waals surface area contributed by atoms with E-state index in [1.807, 2.05) is 34.6 Å². The number of aliphatic hydroxyl groups excluding tert-OH is 1. The van der Waals surface area contributed by atoms with Crippen molar-refractivity contribution >= 4 is 17.8 Å². The quantitative estimate of drug-likeness (QED) is 0.389. The molecule has 202 valence electrons. The van der Waals surface area contributed by atoms with Crippen LogP contribution in [-0.2, 0) is 11.0 Å². The fourth-order valence-electron chi connectivity index (χ4n) is 2.80. The Balaban J connectivity index is 0. The topological polar surface area (TPSA) is 69.9 Å². The van der Waals surface area contributed by atoms with Gasteiger partial charge in [0.25, 0.3) is 0 Å². The van der Waals surface area contributed by atoms with Crippen molar-refractivity contribution in [1.82, 2.24) is 0 Å². The van der Waals surface area contributed by atoms with Crippen LogP contribution in [0.3, 0.4) is 0 Å². The van der Waals surface area contributed by atoms with Crippen LogP contribution in [0.5, 0.6) is 0 Å². The summed E-state index contributed by atoms with van der Waals surface area (Å²) in [7, 11) is 0. The van der Waals surface area contributed by atoms with Gasteiger partial charge in [0.2, 0.25) is 0 Å². The van der Waals surface area contributed by atoms with E-state index in [1.54, 1.807) is 13.0 Å². The summed E-state index contributed by atoms with van der Waals surface area (Å²) in [6.07, 6.45) is 0.324. The highest BCUT2D eigenvalue weighted by Gasteiger charge is 2.30. The van der Waals surface area contributed by atoms with Gasteiger partial charge in [0.15, 0.2) is 0 Å². The maximum atomic E-state index is 12.7. The molecular weight excluding hydrogens is 467 g/mol. The summed E-state index contributed by atoms with van der Waals surface area (Å²) in [4.78, 5) is 15.4. The van der Waals surface area contributed by atoms with Crippen LogP contribution in [0.2, 0.25) is 0 Å². The minimum atomic E-state index is -4.41. The molecule has 0 aromatic heterocycles. The van der Waals surface area contributed by atoms with Crippen LogP contribution < -0.4 is 0 Å². The molecule has 0 fully saturated rings. The molecule has 2 rings (SSSR count). The Morgan fingerprint density at radius 2 is 1.58 bits per heavy atom. The number of carboxylic acid groups (broad SMARTS) is 1. The first-order chi connectivity index (χ1) is 16.8. The number of carboxylic acids is 1. The molecule has 1 aromatic rings. The second-order valence-electron chi connectivity index (χ2n) is 8.07. The van der Waals surface area contributed by atoms with Gasteiger partial charge >= 0.3 is 12.1 Å². The molecule has 2 N–H and O–H groups in total. The van der Waals surface area contributed by atoms with E-state index in [9.17, 15) is 23.1 Å². The molecule has 1 unspecified atom stereocenters. The van der Waals surface area contributed by atoms with Gasteiger partial charge in [0, 0.05) is 6.21 Å². The monoisotopic (exact) mass is 509 g/mol. The summed E-state index contributed by atoms with van der Waals surface area (Å²) < 4.78 is 38.1. The van der Waals surface area contributed by atoms with Crippen LogP contribution in [0.25, 0.3) is 5.57 Å².